The van der Waals surface area contributed by atoms with E-state index in [0.717, 1.165) is 105 Å². The van der Waals surface area contributed by atoms with Gasteiger partial charge in [0.2, 0.25) is 0 Å². The molecule has 0 radical (unpaired) electrons. The van der Waals surface area contributed by atoms with Crippen molar-refractivity contribution in [2.45, 2.75) is 0 Å². The van der Waals surface area contributed by atoms with Crippen molar-refractivity contribution in [2.75, 3.05) is 4.90 Å². The summed E-state index contributed by atoms with van der Waals surface area (Å²) in [7, 11) is 0. The molecule has 0 saturated carbocycles. The highest BCUT2D eigenvalue weighted by Crippen LogP contribution is 2.47. The summed E-state index contributed by atoms with van der Waals surface area (Å²) in [5.74, 6) is 0. The third-order valence-electron chi connectivity index (χ3n) is 11.3. The summed E-state index contributed by atoms with van der Waals surface area (Å²) in [6, 6.07) is 66.0. The molecule has 0 bridgehead atoms. The van der Waals surface area contributed by atoms with Crippen molar-refractivity contribution in [3.8, 4) is 22.3 Å². The number of hydrogen-bond donors (Lipinski definition) is 0. The van der Waals surface area contributed by atoms with Crippen LogP contribution in [0.3, 0.4) is 0 Å². The topological polar surface area (TPSA) is 42.7 Å². The van der Waals surface area contributed by atoms with Crippen molar-refractivity contribution in [1.29, 1.82) is 0 Å². The number of benzene rings is 9. The molecule has 262 valence electrons. The highest BCUT2D eigenvalue weighted by molar-refractivity contribution is 6.18. The second-order valence-electron chi connectivity index (χ2n) is 14.4. The molecule has 12 rings (SSSR count). The van der Waals surface area contributed by atoms with Gasteiger partial charge in [-0.1, -0.05) is 121 Å². The first-order valence-electron chi connectivity index (χ1n) is 18.9. The summed E-state index contributed by atoms with van der Waals surface area (Å²) in [5.41, 5.74) is 12.7. The number of hydrogen-bond acceptors (Lipinski definition) is 4. The SMILES string of the molecule is c1ccc(N(c2cccc3ccccc23)c2cccc3oc4ccc(-c5cccc6c5oc5cccc(-c7ccc8oc9ccccc9c8c7)c56)cc4c23)cc1. The Labute approximate surface area is 321 Å². The van der Waals surface area contributed by atoms with Crippen LogP contribution in [0.4, 0.5) is 17.1 Å². The first-order valence-corrected chi connectivity index (χ1v) is 18.9. The zero-order valence-electron chi connectivity index (χ0n) is 30.1. The van der Waals surface area contributed by atoms with E-state index in [1.807, 2.05) is 12.1 Å². The number of para-hydroxylation sites is 3. The molecule has 0 fully saturated rings. The number of anilines is 3. The Balaban J connectivity index is 1.05. The Morgan fingerprint density at radius 1 is 0.321 bits per heavy atom. The minimum atomic E-state index is 0.836. The maximum absolute atomic E-state index is 6.79. The van der Waals surface area contributed by atoms with Gasteiger partial charge in [-0.25, -0.2) is 0 Å². The number of nitrogens with zero attached hydrogens (tertiary/aromatic N) is 1. The molecular weight excluding hydrogens is 687 g/mol. The third kappa shape index (κ3) is 4.60. The lowest BCUT2D eigenvalue weighted by molar-refractivity contribution is 0.668. The van der Waals surface area contributed by atoms with Crippen molar-refractivity contribution < 1.29 is 13.3 Å². The average molecular weight is 718 g/mol. The average Bonchev–Trinajstić information content (AvgIpc) is 3.95. The second kappa shape index (κ2) is 12.0. The van der Waals surface area contributed by atoms with Crippen LogP contribution in [0.5, 0.6) is 0 Å². The van der Waals surface area contributed by atoms with Gasteiger partial charge in [-0.05, 0) is 88.8 Å². The predicted octanol–water partition coefficient (Wildman–Crippen LogP) is 15.3. The van der Waals surface area contributed by atoms with E-state index in [1.165, 1.54) is 10.8 Å². The summed E-state index contributed by atoms with van der Waals surface area (Å²) in [6.45, 7) is 0. The summed E-state index contributed by atoms with van der Waals surface area (Å²) >= 11 is 0. The third-order valence-corrected chi connectivity index (χ3v) is 11.3. The maximum Gasteiger partial charge on any atom is 0.143 e. The summed E-state index contributed by atoms with van der Waals surface area (Å²) in [4.78, 5) is 2.36. The van der Waals surface area contributed by atoms with Gasteiger partial charge in [0.1, 0.15) is 33.5 Å². The quantitative estimate of drug-likeness (QED) is 0.178. The lowest BCUT2D eigenvalue weighted by atomic mass is 9.96. The largest absolute Gasteiger partial charge is 0.456 e. The Morgan fingerprint density at radius 3 is 1.79 bits per heavy atom. The Hall–Kier alpha value is -7.56. The normalized spacial score (nSPS) is 11.9. The fraction of sp³-hybridized carbons (Fsp3) is 0. The zero-order valence-corrected chi connectivity index (χ0v) is 30.1. The minimum absolute atomic E-state index is 0.836. The molecule has 0 unspecified atom stereocenters. The summed E-state index contributed by atoms with van der Waals surface area (Å²) in [6.07, 6.45) is 0. The molecule has 0 atom stereocenters. The van der Waals surface area contributed by atoms with E-state index in [2.05, 4.69) is 181 Å². The van der Waals surface area contributed by atoms with Crippen LogP contribution in [0.2, 0.25) is 0 Å². The van der Waals surface area contributed by atoms with E-state index in [9.17, 15) is 0 Å². The Kier molecular flexibility index (Phi) is 6.60. The van der Waals surface area contributed by atoms with Crippen LogP contribution >= 0.6 is 0 Å². The standard InChI is InChI=1S/C52H31NO3/c1-2-14-35(15-3-1)53(43-21-8-13-32-12-4-5-16-36(32)43)44-22-11-25-49-51(44)42-31-34(27-29-47(42)55-49)38-19-9-20-40-50-37(18-10-24-48(50)56-52(38)40)33-26-28-46-41(30-33)39-17-6-7-23-45(39)54-46/h1-31H. The second-order valence-corrected chi connectivity index (χ2v) is 14.4. The monoisotopic (exact) mass is 717 g/mol. The van der Waals surface area contributed by atoms with Gasteiger partial charge in [0, 0.05) is 43.6 Å². The number of rotatable bonds is 5. The molecule has 0 amide bonds. The van der Waals surface area contributed by atoms with Gasteiger partial charge in [-0.3, -0.25) is 0 Å². The molecule has 3 aromatic heterocycles. The van der Waals surface area contributed by atoms with Crippen LogP contribution in [0.25, 0.3) is 98.8 Å². The molecule has 4 nitrogen and oxygen atoms in total. The van der Waals surface area contributed by atoms with Gasteiger partial charge < -0.3 is 18.2 Å². The van der Waals surface area contributed by atoms with Crippen LogP contribution in [0.15, 0.2) is 201 Å². The molecular formula is C52H31NO3. The number of furan rings is 3. The van der Waals surface area contributed by atoms with E-state index in [1.54, 1.807) is 0 Å². The van der Waals surface area contributed by atoms with Crippen LogP contribution < -0.4 is 4.90 Å². The molecule has 0 aliphatic heterocycles. The van der Waals surface area contributed by atoms with Crippen LogP contribution in [0, 0.1) is 0 Å². The van der Waals surface area contributed by atoms with Crippen molar-refractivity contribution in [1.82, 2.24) is 0 Å². The molecule has 3 heterocycles. The molecule has 12 aromatic rings. The zero-order chi connectivity index (χ0) is 36.7. The fourth-order valence-corrected chi connectivity index (χ4v) is 8.76. The summed E-state index contributed by atoms with van der Waals surface area (Å²) in [5, 5.41) is 8.87. The van der Waals surface area contributed by atoms with Crippen LogP contribution in [0.1, 0.15) is 0 Å². The van der Waals surface area contributed by atoms with E-state index >= 15 is 0 Å². The first kappa shape index (κ1) is 30.9. The van der Waals surface area contributed by atoms with E-state index < -0.39 is 0 Å². The molecule has 0 aliphatic carbocycles. The minimum Gasteiger partial charge on any atom is -0.456 e. The van der Waals surface area contributed by atoms with Gasteiger partial charge in [0.05, 0.1) is 16.8 Å². The van der Waals surface area contributed by atoms with Crippen molar-refractivity contribution in [3.05, 3.63) is 188 Å². The van der Waals surface area contributed by atoms with Crippen molar-refractivity contribution >= 4 is 93.7 Å². The molecule has 9 aromatic carbocycles. The fourth-order valence-electron chi connectivity index (χ4n) is 8.76. The van der Waals surface area contributed by atoms with Gasteiger partial charge in [-0.2, -0.15) is 0 Å². The van der Waals surface area contributed by atoms with Gasteiger partial charge in [0.25, 0.3) is 0 Å². The van der Waals surface area contributed by atoms with Crippen LogP contribution in [-0.4, -0.2) is 0 Å². The molecule has 0 saturated heterocycles. The molecule has 0 N–H and O–H groups in total. The predicted molar refractivity (Wildman–Crippen MR) is 231 cm³/mol. The molecule has 56 heavy (non-hydrogen) atoms. The van der Waals surface area contributed by atoms with E-state index in [4.69, 9.17) is 13.3 Å². The Morgan fingerprint density at radius 2 is 0.893 bits per heavy atom. The Bertz CT molecular complexity index is 3490. The lowest BCUT2D eigenvalue weighted by Crippen LogP contribution is -2.10. The molecule has 4 heteroatoms. The highest BCUT2D eigenvalue weighted by Gasteiger charge is 2.22. The lowest BCUT2D eigenvalue weighted by Gasteiger charge is -2.27. The van der Waals surface area contributed by atoms with E-state index in [-0.39, 0.29) is 0 Å². The maximum atomic E-state index is 6.79. The van der Waals surface area contributed by atoms with Gasteiger partial charge in [-0.15, -0.1) is 0 Å². The molecule has 0 spiro atoms. The smallest absolute Gasteiger partial charge is 0.143 e. The number of fused-ring (bicyclic) bond motifs is 10. The first-order chi connectivity index (χ1) is 27.8. The van der Waals surface area contributed by atoms with E-state index in [0.29, 0.717) is 0 Å². The highest BCUT2D eigenvalue weighted by atomic mass is 16.3. The summed E-state index contributed by atoms with van der Waals surface area (Å²) < 4.78 is 19.5. The molecule has 0 aliphatic rings. The van der Waals surface area contributed by atoms with Crippen molar-refractivity contribution in [2.24, 2.45) is 0 Å². The van der Waals surface area contributed by atoms with Crippen molar-refractivity contribution in [3.63, 3.8) is 0 Å². The van der Waals surface area contributed by atoms with Crippen LogP contribution in [-0.2, 0) is 0 Å². The van der Waals surface area contributed by atoms with Gasteiger partial charge >= 0.3 is 0 Å². The van der Waals surface area contributed by atoms with Gasteiger partial charge in [0.15, 0.2) is 0 Å².